The van der Waals surface area contributed by atoms with Crippen molar-refractivity contribution >= 4 is 34.8 Å². The van der Waals surface area contributed by atoms with Crippen LogP contribution in [0.15, 0.2) is 54.7 Å². The van der Waals surface area contributed by atoms with E-state index in [9.17, 15) is 17.6 Å². The number of alkyl halides is 4. The second-order valence-corrected chi connectivity index (χ2v) is 6.33. The minimum absolute atomic E-state index is 0. The molecule has 2 N–H and O–H groups in total. The van der Waals surface area contributed by atoms with E-state index in [1.165, 1.54) is 18.3 Å². The predicted octanol–water partition coefficient (Wildman–Crippen LogP) is 3.26. The first-order valence-corrected chi connectivity index (χ1v) is 8.51. The normalized spacial score (nSPS) is 10.8. The van der Waals surface area contributed by atoms with Gasteiger partial charge in [0.25, 0.3) is 0 Å². The Morgan fingerprint density at radius 2 is 1.73 bits per heavy atom. The molecule has 0 amide bonds. The molecule has 1 aromatic heterocycles. The number of hydrogen-bond acceptors (Lipinski definition) is 5. The number of halogens is 6. The molecule has 3 rings (SSSR count). The van der Waals surface area contributed by atoms with Gasteiger partial charge < -0.3 is 15.5 Å². The minimum Gasteiger partial charge on any atom is -0.870 e. The molecule has 0 spiro atoms. The Morgan fingerprint density at radius 1 is 1.00 bits per heavy atom. The van der Waals surface area contributed by atoms with Crippen LogP contribution >= 0.6 is 23.2 Å². The number of aromatic nitrogens is 2. The molecular weight excluding hydrogens is 460 g/mol. The summed E-state index contributed by atoms with van der Waals surface area (Å²) in [6.07, 6.45) is -7.06. The molecule has 0 saturated heterocycles. The van der Waals surface area contributed by atoms with Gasteiger partial charge in [-0.05, 0) is 30.3 Å². The third-order valence-corrected chi connectivity index (χ3v) is 4.21. The molecule has 0 unspecified atom stereocenters. The second-order valence-electron chi connectivity index (χ2n) is 5.51. The van der Waals surface area contributed by atoms with Crippen molar-refractivity contribution in [1.82, 2.24) is 9.97 Å². The molecule has 3 aromatic rings. The quantitative estimate of drug-likeness (QED) is 0.441. The Labute approximate surface area is 201 Å². The first-order chi connectivity index (χ1) is 13.2. The van der Waals surface area contributed by atoms with Gasteiger partial charge in [-0.15, -0.1) is 0 Å². The summed E-state index contributed by atoms with van der Waals surface area (Å²) in [4.78, 5) is 8.35. The Balaban J connectivity index is 0.00000225. The maximum absolute atomic E-state index is 13.1. The van der Waals surface area contributed by atoms with Crippen LogP contribution in [0.2, 0.25) is 10.0 Å². The molecule has 0 bridgehead atoms. The number of nitrogens with zero attached hydrogens (tertiary/aromatic N) is 2. The first kappa shape index (κ1) is 26.4. The monoisotopic (exact) mass is 471 g/mol. The van der Waals surface area contributed by atoms with Crippen LogP contribution < -0.4 is 39.6 Å². The smallest absolute Gasteiger partial charge is 0.870 e. The zero-order chi connectivity index (χ0) is 20.3. The van der Waals surface area contributed by atoms with Gasteiger partial charge in [-0.25, -0.2) is 9.97 Å². The summed E-state index contributed by atoms with van der Waals surface area (Å²) in [7, 11) is 0. The van der Waals surface area contributed by atoms with E-state index in [-0.39, 0.29) is 46.7 Å². The van der Waals surface area contributed by atoms with Gasteiger partial charge in [-0.3, -0.25) is 0 Å². The van der Waals surface area contributed by atoms with E-state index in [0.29, 0.717) is 21.3 Å². The average Bonchev–Trinajstić information content (AvgIpc) is 2.64. The largest absolute Gasteiger partial charge is 1.00 e. The van der Waals surface area contributed by atoms with Gasteiger partial charge in [0.05, 0.1) is 15.7 Å². The fraction of sp³-hybridized carbons (Fsp3) is 0.111. The average molecular weight is 472 g/mol. The third-order valence-electron chi connectivity index (χ3n) is 3.47. The summed E-state index contributed by atoms with van der Waals surface area (Å²) in [5, 5.41) is 3.56. The zero-order valence-corrected chi connectivity index (χ0v) is 18.8. The van der Waals surface area contributed by atoms with Crippen molar-refractivity contribution in [3.05, 3.63) is 64.8 Å². The second kappa shape index (κ2) is 11.1. The topological polar surface area (TPSA) is 77.0 Å². The molecule has 0 aliphatic carbocycles. The van der Waals surface area contributed by atoms with E-state index in [1.54, 1.807) is 24.3 Å². The van der Waals surface area contributed by atoms with Gasteiger partial charge in [-0.1, -0.05) is 35.3 Å². The molecule has 0 fully saturated rings. The van der Waals surface area contributed by atoms with E-state index >= 15 is 0 Å². The molecule has 154 valence electrons. The van der Waals surface area contributed by atoms with E-state index < -0.39 is 18.3 Å². The standard InChI is InChI=1S/C18H11Cl2F4N3O.Na.H2O/c19-13-5-4-10(8-14(13)20)15-6-7-25-17(27-15)26-11-2-1-3-12(9-11)28-18(23,24)16(21)22;;/h1-9,16H,(H,25,26,27);;1H2/q;+1;/p-1. The van der Waals surface area contributed by atoms with Gasteiger partial charge >= 0.3 is 42.1 Å². The molecule has 0 aliphatic rings. The van der Waals surface area contributed by atoms with Crippen LogP contribution in [0, 0.1) is 0 Å². The summed E-state index contributed by atoms with van der Waals surface area (Å²) in [6.45, 7) is 0. The van der Waals surface area contributed by atoms with Crippen LogP contribution in [0.1, 0.15) is 0 Å². The maximum atomic E-state index is 13.1. The van der Waals surface area contributed by atoms with Crippen LogP contribution in [0.25, 0.3) is 11.3 Å². The van der Waals surface area contributed by atoms with Gasteiger partial charge in [0.2, 0.25) is 5.95 Å². The summed E-state index contributed by atoms with van der Waals surface area (Å²) < 4.78 is 54.7. The molecule has 2 aromatic carbocycles. The number of rotatable bonds is 6. The van der Waals surface area contributed by atoms with Gasteiger partial charge in [-0.2, -0.15) is 17.6 Å². The van der Waals surface area contributed by atoms with Gasteiger partial charge in [0.15, 0.2) is 0 Å². The zero-order valence-electron chi connectivity index (χ0n) is 15.3. The van der Waals surface area contributed by atoms with E-state index in [2.05, 4.69) is 20.0 Å². The van der Waals surface area contributed by atoms with Crippen LogP contribution in [0.4, 0.5) is 29.2 Å². The first-order valence-electron chi connectivity index (χ1n) is 7.75. The molecule has 12 heteroatoms. The van der Waals surface area contributed by atoms with Crippen molar-refractivity contribution < 1.29 is 57.3 Å². The molecule has 1 heterocycles. The van der Waals surface area contributed by atoms with E-state index in [4.69, 9.17) is 23.2 Å². The number of benzene rings is 2. The molecule has 0 saturated carbocycles. The van der Waals surface area contributed by atoms with Crippen LogP contribution in [0.5, 0.6) is 5.75 Å². The van der Waals surface area contributed by atoms with Gasteiger partial charge in [0, 0.05) is 23.5 Å². The molecule has 0 atom stereocenters. The SMILES string of the molecule is FC(F)C(F)(F)Oc1cccc(Nc2nccc(-c3ccc(Cl)c(Cl)c3)n2)c1.[Na+].[OH-]. The van der Waals surface area contributed by atoms with Crippen LogP contribution in [0.3, 0.4) is 0 Å². The Bertz CT molecular complexity index is 999. The summed E-state index contributed by atoms with van der Waals surface area (Å²) in [5.74, 6) is -0.280. The fourth-order valence-electron chi connectivity index (χ4n) is 2.20. The van der Waals surface area contributed by atoms with Gasteiger partial charge in [0.1, 0.15) is 5.75 Å². The summed E-state index contributed by atoms with van der Waals surface area (Å²) >= 11 is 11.9. The number of ether oxygens (including phenoxy) is 1. The maximum Gasteiger partial charge on any atom is 1.00 e. The fourth-order valence-corrected chi connectivity index (χ4v) is 2.50. The van der Waals surface area contributed by atoms with Crippen LogP contribution in [-0.2, 0) is 0 Å². The van der Waals surface area contributed by atoms with Crippen molar-refractivity contribution in [2.75, 3.05) is 5.32 Å². The predicted molar refractivity (Wildman–Crippen MR) is 101 cm³/mol. The van der Waals surface area contributed by atoms with Crippen molar-refractivity contribution in [3.8, 4) is 17.0 Å². The van der Waals surface area contributed by atoms with Crippen molar-refractivity contribution in [1.29, 1.82) is 0 Å². The van der Waals surface area contributed by atoms with Crippen molar-refractivity contribution in [3.63, 3.8) is 0 Å². The minimum atomic E-state index is -4.59. The molecule has 5 nitrogen and oxygen atoms in total. The Kier molecular flexibility index (Phi) is 9.80. The number of nitrogens with one attached hydrogen (secondary N) is 1. The van der Waals surface area contributed by atoms with E-state index in [0.717, 1.165) is 12.1 Å². The van der Waals surface area contributed by atoms with E-state index in [1.807, 2.05) is 0 Å². The number of anilines is 2. The summed E-state index contributed by atoms with van der Waals surface area (Å²) in [5.41, 5.74) is 1.50. The van der Waals surface area contributed by atoms with Crippen molar-refractivity contribution in [2.45, 2.75) is 12.5 Å². The summed E-state index contributed by atoms with van der Waals surface area (Å²) in [6, 6.07) is 11.8. The molecule has 0 aliphatic heterocycles. The molecule has 30 heavy (non-hydrogen) atoms. The third kappa shape index (κ3) is 6.69. The Hall–Kier alpha value is -1.62. The Morgan fingerprint density at radius 3 is 2.40 bits per heavy atom. The van der Waals surface area contributed by atoms with Crippen molar-refractivity contribution in [2.24, 2.45) is 0 Å². The van der Waals surface area contributed by atoms with Crippen LogP contribution in [-0.4, -0.2) is 28.0 Å². The molecule has 0 radical (unpaired) electrons. The number of hydrogen-bond donors (Lipinski definition) is 1. The molecular formula is C18H12Cl2F4N3NaO2.